The molecule has 0 atom stereocenters. The van der Waals surface area contributed by atoms with Crippen LogP contribution in [0.5, 0.6) is 0 Å². The Hall–Kier alpha value is -2.44. The van der Waals surface area contributed by atoms with Crippen LogP contribution < -0.4 is 5.32 Å². The molecule has 2 N–H and O–H groups in total. The molecule has 1 aromatic carbocycles. The van der Waals surface area contributed by atoms with E-state index in [9.17, 15) is 9.59 Å². The molecular weight excluding hydrogens is 318 g/mol. The van der Waals surface area contributed by atoms with E-state index in [1.54, 1.807) is 12.3 Å². The molecule has 1 aromatic heterocycles. The van der Waals surface area contributed by atoms with Crippen LogP contribution in [0.25, 0.3) is 0 Å². The predicted octanol–water partition coefficient (Wildman–Crippen LogP) is 1.98. The highest BCUT2D eigenvalue weighted by atomic mass is 16.5. The Morgan fingerprint density at radius 1 is 1.20 bits per heavy atom. The Kier molecular flexibility index (Phi) is 5.63. The molecule has 3 rings (SSSR count). The van der Waals surface area contributed by atoms with Crippen molar-refractivity contribution in [3.05, 3.63) is 58.9 Å². The second-order valence-corrected chi connectivity index (χ2v) is 6.20. The number of Topliss-reactive ketones (excluding diaryl/α,β-unsaturated/α-hetero) is 1. The number of morpholine rings is 1. The minimum Gasteiger partial charge on any atom is -0.379 e. The molecule has 0 aliphatic carbocycles. The van der Waals surface area contributed by atoms with Gasteiger partial charge in [-0.3, -0.25) is 14.5 Å². The van der Waals surface area contributed by atoms with E-state index >= 15 is 0 Å². The fourth-order valence-electron chi connectivity index (χ4n) is 2.88. The molecule has 1 aliphatic rings. The van der Waals surface area contributed by atoms with E-state index < -0.39 is 0 Å². The minimum atomic E-state index is -0.214. The summed E-state index contributed by atoms with van der Waals surface area (Å²) < 4.78 is 5.39. The third kappa shape index (κ3) is 4.55. The minimum absolute atomic E-state index is 0.0637. The number of ketones is 1. The van der Waals surface area contributed by atoms with Gasteiger partial charge in [0.25, 0.3) is 5.91 Å². The lowest BCUT2D eigenvalue weighted by atomic mass is 10.1. The summed E-state index contributed by atoms with van der Waals surface area (Å²) in [5, 5.41) is 2.92. The fraction of sp³-hybridized carbons (Fsp3) is 0.368. The van der Waals surface area contributed by atoms with Crippen LogP contribution in [0.4, 0.5) is 0 Å². The van der Waals surface area contributed by atoms with Crippen molar-refractivity contribution < 1.29 is 14.3 Å². The Balaban J connectivity index is 1.62. The first-order valence-corrected chi connectivity index (χ1v) is 8.48. The van der Waals surface area contributed by atoms with Crippen molar-refractivity contribution in [2.45, 2.75) is 20.0 Å². The zero-order valence-electron chi connectivity index (χ0n) is 14.4. The molecule has 6 nitrogen and oxygen atoms in total. The molecule has 0 spiro atoms. The van der Waals surface area contributed by atoms with E-state index in [0.717, 1.165) is 38.4 Å². The first-order valence-electron chi connectivity index (χ1n) is 8.48. The molecule has 25 heavy (non-hydrogen) atoms. The number of ether oxygens (including phenoxy) is 1. The van der Waals surface area contributed by atoms with E-state index in [1.165, 1.54) is 12.5 Å². The van der Waals surface area contributed by atoms with Gasteiger partial charge >= 0.3 is 0 Å². The van der Waals surface area contributed by atoms with Gasteiger partial charge in [-0.05, 0) is 24.1 Å². The second kappa shape index (κ2) is 8.09. The van der Waals surface area contributed by atoms with Crippen molar-refractivity contribution in [1.29, 1.82) is 0 Å². The monoisotopic (exact) mass is 341 g/mol. The van der Waals surface area contributed by atoms with Gasteiger partial charge in [0, 0.05) is 37.9 Å². The highest BCUT2D eigenvalue weighted by Gasteiger charge is 2.14. The molecule has 6 heteroatoms. The molecule has 0 radical (unpaired) electrons. The van der Waals surface area contributed by atoms with Gasteiger partial charge in [0.15, 0.2) is 5.78 Å². The van der Waals surface area contributed by atoms with Crippen molar-refractivity contribution in [2.75, 3.05) is 26.3 Å². The predicted molar refractivity (Wildman–Crippen MR) is 94.5 cm³/mol. The number of H-pyrrole nitrogens is 1. The van der Waals surface area contributed by atoms with E-state index in [4.69, 9.17) is 4.74 Å². The van der Waals surface area contributed by atoms with Crippen LogP contribution in [-0.4, -0.2) is 47.9 Å². The average Bonchev–Trinajstić information content (AvgIpc) is 3.12. The second-order valence-electron chi connectivity index (χ2n) is 6.20. The number of aromatic amines is 1. The highest BCUT2D eigenvalue weighted by Crippen LogP contribution is 2.13. The van der Waals surface area contributed by atoms with Crippen LogP contribution in [0.3, 0.4) is 0 Å². The van der Waals surface area contributed by atoms with Crippen LogP contribution >= 0.6 is 0 Å². The van der Waals surface area contributed by atoms with Crippen molar-refractivity contribution in [1.82, 2.24) is 15.2 Å². The quantitative estimate of drug-likeness (QED) is 0.788. The molecular formula is C19H23N3O3. The summed E-state index contributed by atoms with van der Waals surface area (Å²) in [6.45, 7) is 6.18. The van der Waals surface area contributed by atoms with Gasteiger partial charge in [-0.15, -0.1) is 0 Å². The summed E-state index contributed by atoms with van der Waals surface area (Å²) in [6.07, 6.45) is 1.56. The van der Waals surface area contributed by atoms with Crippen molar-refractivity contribution in [2.24, 2.45) is 0 Å². The van der Waals surface area contributed by atoms with Gasteiger partial charge in [-0.25, -0.2) is 0 Å². The van der Waals surface area contributed by atoms with Crippen LogP contribution in [0.15, 0.2) is 36.5 Å². The maximum Gasteiger partial charge on any atom is 0.267 e. The molecule has 1 saturated heterocycles. The summed E-state index contributed by atoms with van der Waals surface area (Å²) in [4.78, 5) is 28.8. The molecule has 1 aliphatic heterocycles. The van der Waals surface area contributed by atoms with E-state index in [-0.39, 0.29) is 11.7 Å². The highest BCUT2D eigenvalue weighted by molar-refractivity contribution is 5.99. The standard InChI is InChI=1S/C19H23N3O3/c1-14(23)17-10-18(20-12-17)19(24)21-11-15-4-2-3-5-16(15)13-22-6-8-25-9-7-22/h2-5,10,12,20H,6-9,11,13H2,1H3,(H,21,24). The molecule has 2 heterocycles. The van der Waals surface area contributed by atoms with Crippen LogP contribution in [0, 0.1) is 0 Å². The molecule has 132 valence electrons. The molecule has 0 unspecified atom stereocenters. The number of nitrogens with one attached hydrogen (secondary N) is 2. The zero-order chi connectivity index (χ0) is 17.6. The number of hydrogen-bond donors (Lipinski definition) is 2. The number of carbonyl (C=O) groups excluding carboxylic acids is 2. The SMILES string of the molecule is CC(=O)c1c[nH]c(C(=O)NCc2ccccc2CN2CCOCC2)c1. The van der Waals surface area contributed by atoms with E-state index in [1.807, 2.05) is 18.2 Å². The Bertz CT molecular complexity index is 748. The van der Waals surface area contributed by atoms with E-state index in [2.05, 4.69) is 21.3 Å². The summed E-state index contributed by atoms with van der Waals surface area (Å²) in [6, 6.07) is 9.71. The molecule has 0 bridgehead atoms. The summed E-state index contributed by atoms with van der Waals surface area (Å²) in [7, 11) is 0. The third-order valence-corrected chi connectivity index (χ3v) is 4.39. The Labute approximate surface area is 147 Å². The Morgan fingerprint density at radius 2 is 1.92 bits per heavy atom. The molecule has 0 saturated carbocycles. The van der Waals surface area contributed by atoms with Gasteiger partial charge in [0.05, 0.1) is 13.2 Å². The third-order valence-electron chi connectivity index (χ3n) is 4.39. The molecule has 1 fully saturated rings. The van der Waals surface area contributed by atoms with Gasteiger partial charge < -0.3 is 15.0 Å². The van der Waals surface area contributed by atoms with Crippen molar-refractivity contribution in [3.63, 3.8) is 0 Å². The smallest absolute Gasteiger partial charge is 0.267 e. The average molecular weight is 341 g/mol. The maximum atomic E-state index is 12.3. The summed E-state index contributed by atoms with van der Waals surface area (Å²) >= 11 is 0. The normalized spacial score (nSPS) is 15.1. The first kappa shape index (κ1) is 17.4. The van der Waals surface area contributed by atoms with Gasteiger partial charge in [-0.2, -0.15) is 0 Å². The molecule has 1 amide bonds. The maximum absolute atomic E-state index is 12.3. The van der Waals surface area contributed by atoms with Gasteiger partial charge in [-0.1, -0.05) is 24.3 Å². The summed E-state index contributed by atoms with van der Waals surface area (Å²) in [5.74, 6) is -0.278. The number of rotatable bonds is 6. The van der Waals surface area contributed by atoms with Gasteiger partial charge in [0.2, 0.25) is 0 Å². The lowest BCUT2D eigenvalue weighted by Gasteiger charge is -2.27. The molecule has 2 aromatic rings. The zero-order valence-corrected chi connectivity index (χ0v) is 14.4. The summed E-state index contributed by atoms with van der Waals surface area (Å²) in [5.41, 5.74) is 3.22. The topological polar surface area (TPSA) is 74.4 Å². The Morgan fingerprint density at radius 3 is 2.60 bits per heavy atom. The van der Waals surface area contributed by atoms with Crippen molar-refractivity contribution >= 4 is 11.7 Å². The number of carbonyl (C=O) groups is 2. The van der Waals surface area contributed by atoms with Crippen LogP contribution in [0.1, 0.15) is 38.9 Å². The van der Waals surface area contributed by atoms with Crippen LogP contribution in [0.2, 0.25) is 0 Å². The number of hydrogen-bond acceptors (Lipinski definition) is 4. The number of benzene rings is 1. The largest absolute Gasteiger partial charge is 0.379 e. The van der Waals surface area contributed by atoms with Gasteiger partial charge in [0.1, 0.15) is 5.69 Å². The van der Waals surface area contributed by atoms with E-state index in [0.29, 0.717) is 17.8 Å². The first-order chi connectivity index (χ1) is 12.1. The number of amides is 1. The lowest BCUT2D eigenvalue weighted by molar-refractivity contribution is 0.0340. The fourth-order valence-corrected chi connectivity index (χ4v) is 2.88. The van der Waals surface area contributed by atoms with Crippen LogP contribution in [-0.2, 0) is 17.8 Å². The number of nitrogens with zero attached hydrogens (tertiary/aromatic N) is 1. The van der Waals surface area contributed by atoms with Crippen molar-refractivity contribution in [3.8, 4) is 0 Å². The number of aromatic nitrogens is 1. The lowest BCUT2D eigenvalue weighted by Crippen LogP contribution is -2.36.